The number of aryl methyl sites for hydroxylation is 1. The van der Waals surface area contributed by atoms with E-state index in [1.165, 1.54) is 0 Å². The number of nitrogens with one attached hydrogen (secondary N) is 2. The summed E-state index contributed by atoms with van der Waals surface area (Å²) in [6.07, 6.45) is 0.647. The lowest BCUT2D eigenvalue weighted by Crippen LogP contribution is -2.28. The zero-order valence-corrected chi connectivity index (χ0v) is 14.3. The number of aromatic amines is 1. The third kappa shape index (κ3) is 3.71. The molecule has 0 aliphatic heterocycles. The Kier molecular flexibility index (Phi) is 4.84. The van der Waals surface area contributed by atoms with Crippen LogP contribution in [0.2, 0.25) is 0 Å². The molecule has 0 radical (unpaired) electrons. The van der Waals surface area contributed by atoms with Gasteiger partial charge >= 0.3 is 0 Å². The second kappa shape index (κ2) is 7.21. The van der Waals surface area contributed by atoms with E-state index < -0.39 is 0 Å². The van der Waals surface area contributed by atoms with E-state index in [0.717, 1.165) is 22.3 Å². The fourth-order valence-electron chi connectivity index (χ4n) is 2.84. The highest BCUT2D eigenvalue weighted by Gasteiger charge is 2.10. The number of ether oxygens (including phenoxy) is 1. The van der Waals surface area contributed by atoms with E-state index in [-0.39, 0.29) is 17.2 Å². The number of pyridine rings is 1. The number of benzene rings is 2. The first kappa shape index (κ1) is 16.8. The summed E-state index contributed by atoms with van der Waals surface area (Å²) in [6, 6.07) is 14.8. The van der Waals surface area contributed by atoms with Crippen LogP contribution in [0, 0.1) is 6.92 Å². The van der Waals surface area contributed by atoms with Crippen LogP contribution in [0.3, 0.4) is 0 Å². The Labute approximate surface area is 145 Å². The van der Waals surface area contributed by atoms with E-state index in [1.54, 1.807) is 25.3 Å². The van der Waals surface area contributed by atoms with Crippen molar-refractivity contribution in [3.8, 4) is 5.75 Å². The monoisotopic (exact) mass is 336 g/mol. The minimum atomic E-state index is -0.297. The minimum absolute atomic E-state index is 0.261. The maximum absolute atomic E-state index is 12.3. The summed E-state index contributed by atoms with van der Waals surface area (Å²) in [5, 5.41) is 4.17. The minimum Gasteiger partial charge on any atom is -0.496 e. The summed E-state index contributed by atoms with van der Waals surface area (Å²) in [4.78, 5) is 27.0. The molecule has 128 valence electrons. The van der Waals surface area contributed by atoms with Gasteiger partial charge in [0, 0.05) is 11.9 Å². The average molecular weight is 336 g/mol. The van der Waals surface area contributed by atoms with Crippen LogP contribution in [-0.2, 0) is 6.42 Å². The fourth-order valence-corrected chi connectivity index (χ4v) is 2.84. The van der Waals surface area contributed by atoms with Gasteiger partial charge in [0.2, 0.25) is 0 Å². The van der Waals surface area contributed by atoms with Gasteiger partial charge in [-0.1, -0.05) is 35.9 Å². The molecule has 2 N–H and O–H groups in total. The van der Waals surface area contributed by atoms with E-state index in [0.29, 0.717) is 18.4 Å². The van der Waals surface area contributed by atoms with E-state index in [1.807, 2.05) is 37.3 Å². The van der Waals surface area contributed by atoms with Crippen molar-refractivity contribution in [2.24, 2.45) is 0 Å². The highest BCUT2D eigenvalue weighted by Crippen LogP contribution is 2.19. The van der Waals surface area contributed by atoms with Crippen molar-refractivity contribution in [3.05, 3.63) is 75.7 Å². The Morgan fingerprint density at radius 1 is 1.16 bits per heavy atom. The van der Waals surface area contributed by atoms with Crippen molar-refractivity contribution in [3.63, 3.8) is 0 Å². The Hall–Kier alpha value is -3.08. The van der Waals surface area contributed by atoms with Crippen molar-refractivity contribution in [1.82, 2.24) is 10.3 Å². The number of carbonyl (C=O) groups excluding carboxylic acids is 1. The quantitative estimate of drug-likeness (QED) is 0.752. The zero-order chi connectivity index (χ0) is 17.8. The van der Waals surface area contributed by atoms with Gasteiger partial charge in [-0.25, -0.2) is 0 Å². The third-order valence-corrected chi connectivity index (χ3v) is 4.11. The van der Waals surface area contributed by atoms with Crippen LogP contribution in [0.5, 0.6) is 5.75 Å². The van der Waals surface area contributed by atoms with E-state index >= 15 is 0 Å². The van der Waals surface area contributed by atoms with E-state index in [9.17, 15) is 9.59 Å². The van der Waals surface area contributed by atoms with Gasteiger partial charge in [0.1, 0.15) is 11.4 Å². The molecule has 0 bridgehead atoms. The molecule has 0 aliphatic carbocycles. The predicted octanol–water partition coefficient (Wildman–Crippen LogP) is 2.82. The fraction of sp³-hybridized carbons (Fsp3) is 0.200. The van der Waals surface area contributed by atoms with Crippen LogP contribution in [0.25, 0.3) is 10.8 Å². The summed E-state index contributed by atoms with van der Waals surface area (Å²) < 4.78 is 5.35. The number of hydrogen-bond acceptors (Lipinski definition) is 3. The maximum atomic E-state index is 12.3. The van der Waals surface area contributed by atoms with Gasteiger partial charge < -0.3 is 15.0 Å². The lowest BCUT2D eigenvalue weighted by atomic mass is 10.1. The van der Waals surface area contributed by atoms with Crippen molar-refractivity contribution >= 4 is 16.7 Å². The summed E-state index contributed by atoms with van der Waals surface area (Å²) in [5.74, 6) is 0.508. The number of H-pyrrole nitrogens is 1. The molecule has 3 aromatic rings. The molecule has 1 amide bonds. The first-order valence-corrected chi connectivity index (χ1v) is 8.12. The molecule has 0 spiro atoms. The van der Waals surface area contributed by atoms with Crippen LogP contribution in [-0.4, -0.2) is 24.5 Å². The third-order valence-electron chi connectivity index (χ3n) is 4.11. The molecule has 0 fully saturated rings. The standard InChI is InChI=1S/C20H20N2O3/c1-13-7-8-18(25-2)15(11-13)9-10-21-20(24)17-12-14-5-3-4-6-16(14)19(23)22-17/h3-8,11-12H,9-10H2,1-2H3,(H,21,24)(H,22,23). The van der Waals surface area contributed by atoms with Crippen molar-refractivity contribution < 1.29 is 9.53 Å². The van der Waals surface area contributed by atoms with Crippen molar-refractivity contribution in [1.29, 1.82) is 0 Å². The first-order valence-electron chi connectivity index (χ1n) is 8.12. The molecule has 0 unspecified atom stereocenters. The molecule has 5 nitrogen and oxygen atoms in total. The summed E-state index contributed by atoms with van der Waals surface area (Å²) in [6.45, 7) is 2.47. The number of carbonyl (C=O) groups is 1. The van der Waals surface area contributed by atoms with Gasteiger partial charge in [-0.05, 0) is 42.5 Å². The molecule has 2 aromatic carbocycles. The molecule has 3 rings (SSSR count). The predicted molar refractivity (Wildman–Crippen MR) is 98.3 cm³/mol. The number of hydrogen-bond donors (Lipinski definition) is 2. The molecule has 0 saturated carbocycles. The normalized spacial score (nSPS) is 10.6. The van der Waals surface area contributed by atoms with Gasteiger partial charge in [0.05, 0.1) is 7.11 Å². The molecular weight excluding hydrogens is 316 g/mol. The van der Waals surface area contributed by atoms with E-state index in [2.05, 4.69) is 10.3 Å². The van der Waals surface area contributed by atoms with Crippen molar-refractivity contribution in [2.75, 3.05) is 13.7 Å². The maximum Gasteiger partial charge on any atom is 0.267 e. The van der Waals surface area contributed by atoms with Gasteiger partial charge in [-0.2, -0.15) is 0 Å². The number of methoxy groups -OCH3 is 1. The molecule has 0 aliphatic rings. The lowest BCUT2D eigenvalue weighted by molar-refractivity contribution is 0.0949. The van der Waals surface area contributed by atoms with Crippen LogP contribution < -0.4 is 15.6 Å². The smallest absolute Gasteiger partial charge is 0.267 e. The van der Waals surface area contributed by atoms with Crippen LogP contribution in [0.15, 0.2) is 53.3 Å². The van der Waals surface area contributed by atoms with Crippen LogP contribution >= 0.6 is 0 Å². The molecular formula is C20H20N2O3. The molecule has 1 heterocycles. The molecule has 1 aromatic heterocycles. The lowest BCUT2D eigenvalue weighted by Gasteiger charge is -2.10. The topological polar surface area (TPSA) is 71.2 Å². The number of amides is 1. The second-order valence-electron chi connectivity index (χ2n) is 5.92. The number of aromatic nitrogens is 1. The van der Waals surface area contributed by atoms with Gasteiger partial charge in [-0.3, -0.25) is 9.59 Å². The van der Waals surface area contributed by atoms with Crippen molar-refractivity contribution in [2.45, 2.75) is 13.3 Å². The Bertz CT molecular complexity index is 976. The summed E-state index contributed by atoms with van der Waals surface area (Å²) >= 11 is 0. The average Bonchev–Trinajstić information content (AvgIpc) is 2.62. The number of rotatable bonds is 5. The zero-order valence-electron chi connectivity index (χ0n) is 14.3. The Balaban J connectivity index is 1.71. The molecule has 0 atom stereocenters. The summed E-state index contributed by atoms with van der Waals surface area (Å²) in [7, 11) is 1.63. The largest absolute Gasteiger partial charge is 0.496 e. The number of fused-ring (bicyclic) bond motifs is 1. The Morgan fingerprint density at radius 3 is 2.76 bits per heavy atom. The molecule has 5 heteroatoms. The van der Waals surface area contributed by atoms with Gasteiger partial charge in [-0.15, -0.1) is 0 Å². The first-order chi connectivity index (χ1) is 12.1. The van der Waals surface area contributed by atoms with Crippen LogP contribution in [0.4, 0.5) is 0 Å². The van der Waals surface area contributed by atoms with Gasteiger partial charge in [0.15, 0.2) is 0 Å². The molecule has 0 saturated heterocycles. The highest BCUT2D eigenvalue weighted by atomic mass is 16.5. The molecule has 25 heavy (non-hydrogen) atoms. The second-order valence-corrected chi connectivity index (χ2v) is 5.92. The highest BCUT2D eigenvalue weighted by molar-refractivity contribution is 5.96. The van der Waals surface area contributed by atoms with Crippen LogP contribution in [0.1, 0.15) is 21.6 Å². The SMILES string of the molecule is COc1ccc(C)cc1CCNC(=O)c1cc2ccccc2c(=O)[nH]1. The summed E-state index contributed by atoms with van der Waals surface area (Å²) in [5.41, 5.74) is 2.18. The van der Waals surface area contributed by atoms with E-state index in [4.69, 9.17) is 4.74 Å². The van der Waals surface area contributed by atoms with Gasteiger partial charge in [0.25, 0.3) is 11.5 Å². The Morgan fingerprint density at radius 2 is 1.96 bits per heavy atom.